The number of hydrogen-bond acceptors (Lipinski definition) is 8. The van der Waals surface area contributed by atoms with Gasteiger partial charge in [0.25, 0.3) is 0 Å². The van der Waals surface area contributed by atoms with Crippen LogP contribution in [0.4, 0.5) is 0 Å². The first kappa shape index (κ1) is 32.1. The van der Waals surface area contributed by atoms with Crippen molar-refractivity contribution < 1.29 is 33.4 Å². The zero-order chi connectivity index (χ0) is 30.1. The minimum Gasteiger partial charge on any atom is -0.497 e. The summed E-state index contributed by atoms with van der Waals surface area (Å²) in [5.74, 6) is -0.526. The van der Waals surface area contributed by atoms with Crippen molar-refractivity contribution in [2.45, 2.75) is 82.9 Å². The lowest BCUT2D eigenvalue weighted by atomic mass is 9.82. The standard InChI is InChI=1S/C32H47N3O7/c1-22(33-29(37)20-35-13-15-41-16-14-35)28(36)19-25(17-24-9-11-26(40-3)12-10-24)31(39)34-27(30(38)32(2)21-42-32)18-23-7-5-4-6-8-23/h9-12,22-23,25,27H,4-8,13-21H2,1-3H3,(H,33,37)(H,34,39)/t22-,25+,27-,32+/m0/s1. The van der Waals surface area contributed by atoms with Crippen molar-refractivity contribution >= 4 is 23.4 Å². The molecule has 0 unspecified atom stereocenters. The van der Waals surface area contributed by atoms with E-state index in [1.807, 2.05) is 29.2 Å². The highest BCUT2D eigenvalue weighted by molar-refractivity contribution is 5.98. The van der Waals surface area contributed by atoms with E-state index in [1.54, 1.807) is 21.0 Å². The van der Waals surface area contributed by atoms with Gasteiger partial charge in [0.1, 0.15) is 11.4 Å². The number of carbonyl (C=O) groups excluding carboxylic acids is 4. The molecule has 1 aromatic carbocycles. The molecule has 2 N–H and O–H groups in total. The fourth-order valence-electron chi connectivity index (χ4n) is 5.95. The molecule has 2 amide bonds. The van der Waals surface area contributed by atoms with E-state index in [-0.39, 0.29) is 36.3 Å². The van der Waals surface area contributed by atoms with Crippen LogP contribution >= 0.6 is 0 Å². The Morgan fingerprint density at radius 3 is 2.33 bits per heavy atom. The number of methoxy groups -OCH3 is 1. The largest absolute Gasteiger partial charge is 0.497 e. The molecular weight excluding hydrogens is 538 g/mol. The van der Waals surface area contributed by atoms with E-state index in [0.29, 0.717) is 57.4 Å². The molecule has 4 rings (SSSR count). The Kier molecular flexibility index (Phi) is 11.5. The number of ketones is 2. The van der Waals surface area contributed by atoms with Gasteiger partial charge in [0, 0.05) is 25.4 Å². The predicted molar refractivity (Wildman–Crippen MR) is 157 cm³/mol. The molecule has 0 spiro atoms. The Morgan fingerprint density at radius 2 is 1.71 bits per heavy atom. The van der Waals surface area contributed by atoms with Gasteiger partial charge in [0.2, 0.25) is 11.8 Å². The van der Waals surface area contributed by atoms with Crippen LogP contribution in [0.5, 0.6) is 5.75 Å². The summed E-state index contributed by atoms with van der Waals surface area (Å²) in [6.07, 6.45) is 6.41. The van der Waals surface area contributed by atoms with E-state index in [1.165, 1.54) is 6.42 Å². The van der Waals surface area contributed by atoms with Crippen LogP contribution in [0.2, 0.25) is 0 Å². The number of carbonyl (C=O) groups is 4. The average Bonchev–Trinajstić information content (AvgIpc) is 3.75. The number of nitrogens with one attached hydrogen (secondary N) is 2. The van der Waals surface area contributed by atoms with E-state index in [9.17, 15) is 19.2 Å². The monoisotopic (exact) mass is 585 g/mol. The number of benzene rings is 1. The molecule has 0 bridgehead atoms. The van der Waals surface area contributed by atoms with Gasteiger partial charge >= 0.3 is 0 Å². The first-order valence-electron chi connectivity index (χ1n) is 15.4. The van der Waals surface area contributed by atoms with Gasteiger partial charge in [-0.25, -0.2) is 0 Å². The van der Waals surface area contributed by atoms with E-state index < -0.39 is 23.6 Å². The number of nitrogens with zero attached hydrogens (tertiary/aromatic N) is 1. The fraction of sp³-hybridized carbons (Fsp3) is 0.688. The second-order valence-electron chi connectivity index (χ2n) is 12.3. The molecule has 2 aliphatic heterocycles. The maximum atomic E-state index is 13.8. The first-order chi connectivity index (χ1) is 20.2. The third-order valence-electron chi connectivity index (χ3n) is 8.82. The Balaban J connectivity index is 1.44. The highest BCUT2D eigenvalue weighted by Crippen LogP contribution is 2.33. The lowest BCUT2D eigenvalue weighted by molar-refractivity contribution is -0.135. The third-order valence-corrected chi connectivity index (χ3v) is 8.82. The summed E-state index contributed by atoms with van der Waals surface area (Å²) < 4.78 is 16.1. The van der Waals surface area contributed by atoms with Gasteiger partial charge in [-0.1, -0.05) is 44.2 Å². The Bertz CT molecular complexity index is 1080. The van der Waals surface area contributed by atoms with Crippen molar-refractivity contribution in [1.29, 1.82) is 0 Å². The lowest BCUT2D eigenvalue weighted by Crippen LogP contribution is -2.50. The minimum atomic E-state index is -0.854. The molecule has 4 atom stereocenters. The fourth-order valence-corrected chi connectivity index (χ4v) is 5.95. The predicted octanol–water partition coefficient (Wildman–Crippen LogP) is 2.46. The Hall–Kier alpha value is -2.82. The van der Waals surface area contributed by atoms with Crippen LogP contribution in [-0.4, -0.2) is 92.5 Å². The Labute approximate surface area is 249 Å². The van der Waals surface area contributed by atoms with Crippen molar-refractivity contribution in [2.75, 3.05) is 46.6 Å². The van der Waals surface area contributed by atoms with Crippen molar-refractivity contribution in [3.63, 3.8) is 0 Å². The zero-order valence-corrected chi connectivity index (χ0v) is 25.3. The van der Waals surface area contributed by atoms with Crippen molar-refractivity contribution in [3.05, 3.63) is 29.8 Å². The molecule has 3 fully saturated rings. The molecule has 2 heterocycles. The number of ether oxygens (including phenoxy) is 3. The maximum absolute atomic E-state index is 13.8. The summed E-state index contributed by atoms with van der Waals surface area (Å²) in [5.41, 5.74) is 0.0214. The van der Waals surface area contributed by atoms with Crippen molar-refractivity contribution in [3.8, 4) is 5.75 Å². The van der Waals surface area contributed by atoms with Gasteiger partial charge in [-0.2, -0.15) is 0 Å². The van der Waals surface area contributed by atoms with E-state index in [4.69, 9.17) is 14.2 Å². The highest BCUT2D eigenvalue weighted by atomic mass is 16.6. The molecule has 42 heavy (non-hydrogen) atoms. The SMILES string of the molecule is COc1ccc(C[C@H](CC(=O)[C@H](C)NC(=O)CN2CCOCC2)C(=O)N[C@@H](CC2CCCCC2)C(=O)[C@@]2(C)CO2)cc1. The summed E-state index contributed by atoms with van der Waals surface area (Å²) in [7, 11) is 1.59. The van der Waals surface area contributed by atoms with Gasteiger partial charge in [0.05, 0.1) is 45.6 Å². The summed E-state index contributed by atoms with van der Waals surface area (Å²) in [6, 6.07) is 5.99. The Morgan fingerprint density at radius 1 is 1.05 bits per heavy atom. The maximum Gasteiger partial charge on any atom is 0.234 e. The first-order valence-corrected chi connectivity index (χ1v) is 15.4. The molecular formula is C32H47N3O7. The molecule has 2 saturated heterocycles. The van der Waals surface area contributed by atoms with E-state index in [0.717, 1.165) is 31.2 Å². The third kappa shape index (κ3) is 9.34. The number of Topliss-reactive ketones (excluding diaryl/α,β-unsaturated/α-hetero) is 2. The van der Waals surface area contributed by atoms with Gasteiger partial charge in [-0.05, 0) is 50.3 Å². The van der Waals surface area contributed by atoms with Crippen LogP contribution in [0.15, 0.2) is 24.3 Å². The van der Waals surface area contributed by atoms with Crippen LogP contribution in [0.1, 0.15) is 64.4 Å². The number of morpholine rings is 1. The molecule has 232 valence electrons. The number of amides is 2. The van der Waals surface area contributed by atoms with Gasteiger partial charge in [-0.3, -0.25) is 24.1 Å². The molecule has 10 nitrogen and oxygen atoms in total. The van der Waals surface area contributed by atoms with Crippen LogP contribution < -0.4 is 15.4 Å². The van der Waals surface area contributed by atoms with Crippen LogP contribution in [-0.2, 0) is 35.1 Å². The second-order valence-corrected chi connectivity index (χ2v) is 12.3. The number of epoxide rings is 1. The molecule has 1 aliphatic carbocycles. The normalized spacial score (nSPS) is 23.3. The molecule has 1 aromatic rings. The van der Waals surface area contributed by atoms with Crippen molar-refractivity contribution in [1.82, 2.24) is 15.5 Å². The second kappa shape index (κ2) is 15.1. The topological polar surface area (TPSA) is 127 Å². The summed E-state index contributed by atoms with van der Waals surface area (Å²) in [4.78, 5) is 55.2. The molecule has 0 aromatic heterocycles. The van der Waals surface area contributed by atoms with Crippen LogP contribution in [0.3, 0.4) is 0 Å². The summed E-state index contributed by atoms with van der Waals surface area (Å²) >= 11 is 0. The minimum absolute atomic E-state index is 0.0605. The summed E-state index contributed by atoms with van der Waals surface area (Å²) in [6.45, 7) is 6.49. The van der Waals surface area contributed by atoms with Gasteiger partial charge in [-0.15, -0.1) is 0 Å². The van der Waals surface area contributed by atoms with E-state index in [2.05, 4.69) is 10.6 Å². The zero-order valence-electron chi connectivity index (χ0n) is 25.3. The van der Waals surface area contributed by atoms with E-state index >= 15 is 0 Å². The summed E-state index contributed by atoms with van der Waals surface area (Å²) in [5, 5.41) is 5.84. The molecule has 0 radical (unpaired) electrons. The smallest absolute Gasteiger partial charge is 0.234 e. The number of hydrogen-bond donors (Lipinski definition) is 2. The van der Waals surface area contributed by atoms with Crippen molar-refractivity contribution in [2.24, 2.45) is 11.8 Å². The highest BCUT2D eigenvalue weighted by Gasteiger charge is 2.50. The van der Waals surface area contributed by atoms with Gasteiger partial charge < -0.3 is 24.8 Å². The molecule has 3 aliphatic rings. The number of rotatable bonds is 15. The average molecular weight is 586 g/mol. The lowest BCUT2D eigenvalue weighted by Gasteiger charge is -2.29. The van der Waals surface area contributed by atoms with Crippen LogP contribution in [0.25, 0.3) is 0 Å². The van der Waals surface area contributed by atoms with Gasteiger partial charge in [0.15, 0.2) is 11.6 Å². The quantitative estimate of drug-likeness (QED) is 0.301. The molecule has 1 saturated carbocycles. The molecule has 10 heteroatoms. The van der Waals surface area contributed by atoms with Crippen LogP contribution in [0, 0.1) is 11.8 Å².